The van der Waals surface area contributed by atoms with Gasteiger partial charge in [-0.1, -0.05) is 37.3 Å². The third kappa shape index (κ3) is 5.12. The minimum absolute atomic E-state index is 0.0245. The van der Waals surface area contributed by atoms with Gasteiger partial charge in [-0.05, 0) is 12.1 Å². The third-order valence-electron chi connectivity index (χ3n) is 3.83. The Morgan fingerprint density at radius 1 is 1.48 bits per heavy atom. The molecule has 21 heavy (non-hydrogen) atoms. The molecule has 116 valence electrons. The summed E-state index contributed by atoms with van der Waals surface area (Å²) in [4.78, 5) is 14.3. The normalized spacial score (nSPS) is 21.0. The first-order chi connectivity index (χ1) is 10.2. The summed E-state index contributed by atoms with van der Waals surface area (Å²) in [6.45, 7) is 6.29. The van der Waals surface area contributed by atoms with Crippen molar-refractivity contribution in [2.75, 3.05) is 32.8 Å². The third-order valence-corrected chi connectivity index (χ3v) is 3.83. The van der Waals surface area contributed by atoms with Crippen LogP contribution in [0, 0.1) is 0 Å². The van der Waals surface area contributed by atoms with Crippen LogP contribution in [0.5, 0.6) is 0 Å². The zero-order chi connectivity index (χ0) is 15.1. The van der Waals surface area contributed by atoms with E-state index in [9.17, 15) is 4.79 Å². The summed E-state index contributed by atoms with van der Waals surface area (Å²) in [6, 6.07) is 9.44. The Balaban J connectivity index is 1.72. The predicted molar refractivity (Wildman–Crippen MR) is 82.9 cm³/mol. The van der Waals surface area contributed by atoms with E-state index < -0.39 is 0 Å². The fourth-order valence-corrected chi connectivity index (χ4v) is 2.51. The van der Waals surface area contributed by atoms with E-state index in [0.29, 0.717) is 13.0 Å². The van der Waals surface area contributed by atoms with E-state index in [0.717, 1.165) is 31.8 Å². The van der Waals surface area contributed by atoms with Crippen LogP contribution in [0.4, 0.5) is 0 Å². The number of morpholine rings is 1. The molecule has 1 fully saturated rings. The summed E-state index contributed by atoms with van der Waals surface area (Å²) in [5.41, 5.74) is 7.03. The van der Waals surface area contributed by atoms with Gasteiger partial charge < -0.3 is 15.8 Å². The Labute approximate surface area is 126 Å². The lowest BCUT2D eigenvalue weighted by atomic mass is 10.0. The van der Waals surface area contributed by atoms with Crippen molar-refractivity contribution in [3.05, 3.63) is 35.9 Å². The molecule has 1 saturated heterocycles. The molecule has 0 radical (unpaired) electrons. The molecule has 1 aliphatic rings. The molecule has 1 amide bonds. The Morgan fingerprint density at radius 3 is 2.95 bits per heavy atom. The van der Waals surface area contributed by atoms with Crippen molar-refractivity contribution in [1.29, 1.82) is 0 Å². The van der Waals surface area contributed by atoms with Gasteiger partial charge in [-0.15, -0.1) is 0 Å². The number of hydrogen-bond acceptors (Lipinski definition) is 4. The number of rotatable bonds is 6. The molecule has 0 spiro atoms. The Morgan fingerprint density at radius 2 is 2.24 bits per heavy atom. The van der Waals surface area contributed by atoms with Crippen molar-refractivity contribution >= 4 is 5.91 Å². The van der Waals surface area contributed by atoms with Crippen LogP contribution in [-0.4, -0.2) is 49.7 Å². The van der Waals surface area contributed by atoms with Crippen molar-refractivity contribution in [1.82, 2.24) is 10.2 Å². The molecule has 0 saturated carbocycles. The molecule has 1 aromatic rings. The smallest absolute Gasteiger partial charge is 0.221 e. The van der Waals surface area contributed by atoms with E-state index in [-0.39, 0.29) is 18.1 Å². The van der Waals surface area contributed by atoms with Crippen LogP contribution < -0.4 is 11.1 Å². The second kappa shape index (κ2) is 8.12. The summed E-state index contributed by atoms with van der Waals surface area (Å²) in [5, 5.41) is 2.93. The largest absolute Gasteiger partial charge is 0.374 e. The maximum atomic E-state index is 12.0. The van der Waals surface area contributed by atoms with E-state index in [4.69, 9.17) is 10.5 Å². The average Bonchev–Trinajstić information content (AvgIpc) is 2.54. The zero-order valence-electron chi connectivity index (χ0n) is 12.6. The number of nitrogens with one attached hydrogen (secondary N) is 1. The van der Waals surface area contributed by atoms with Crippen LogP contribution in [-0.2, 0) is 9.53 Å². The van der Waals surface area contributed by atoms with Gasteiger partial charge >= 0.3 is 0 Å². The topological polar surface area (TPSA) is 67.6 Å². The van der Waals surface area contributed by atoms with Gasteiger partial charge in [0.05, 0.1) is 12.7 Å². The first-order valence-electron chi connectivity index (χ1n) is 7.60. The molecular weight excluding hydrogens is 266 g/mol. The molecular formula is C16H25N3O2. The molecule has 0 aliphatic carbocycles. The van der Waals surface area contributed by atoms with Gasteiger partial charge in [0.2, 0.25) is 5.91 Å². The van der Waals surface area contributed by atoms with Gasteiger partial charge in [-0.3, -0.25) is 9.69 Å². The highest BCUT2D eigenvalue weighted by molar-refractivity contribution is 5.76. The lowest BCUT2D eigenvalue weighted by Gasteiger charge is -2.32. The van der Waals surface area contributed by atoms with Crippen LogP contribution in [0.3, 0.4) is 0 Å². The molecule has 2 rings (SSSR count). The number of hydrogen-bond donors (Lipinski definition) is 2. The Bertz CT molecular complexity index is 438. The first kappa shape index (κ1) is 15.9. The van der Waals surface area contributed by atoms with Gasteiger partial charge in [-0.2, -0.15) is 0 Å². The number of carbonyl (C=O) groups excluding carboxylic acids is 1. The van der Waals surface area contributed by atoms with Gasteiger partial charge in [0, 0.05) is 32.1 Å². The Kier molecular flexibility index (Phi) is 6.17. The molecule has 1 heterocycles. The number of nitrogens with zero attached hydrogens (tertiary/aromatic N) is 1. The van der Waals surface area contributed by atoms with E-state index in [1.807, 2.05) is 30.3 Å². The van der Waals surface area contributed by atoms with Crippen LogP contribution in [0.25, 0.3) is 0 Å². The van der Waals surface area contributed by atoms with Crippen molar-refractivity contribution in [3.8, 4) is 0 Å². The van der Waals surface area contributed by atoms with Gasteiger partial charge in [0.25, 0.3) is 0 Å². The number of amides is 1. The molecule has 5 heteroatoms. The average molecular weight is 291 g/mol. The van der Waals surface area contributed by atoms with E-state index in [2.05, 4.69) is 17.1 Å². The first-order valence-corrected chi connectivity index (χ1v) is 7.60. The minimum atomic E-state index is -0.259. The molecule has 0 aromatic heterocycles. The second-order valence-electron chi connectivity index (χ2n) is 5.41. The summed E-state index contributed by atoms with van der Waals surface area (Å²) in [5.74, 6) is -0.0245. The van der Waals surface area contributed by atoms with Crippen LogP contribution >= 0.6 is 0 Å². The second-order valence-corrected chi connectivity index (χ2v) is 5.41. The lowest BCUT2D eigenvalue weighted by Crippen LogP contribution is -2.47. The van der Waals surface area contributed by atoms with E-state index in [1.54, 1.807) is 0 Å². The number of ether oxygens (including phenoxy) is 1. The molecule has 3 N–H and O–H groups in total. The van der Waals surface area contributed by atoms with Crippen molar-refractivity contribution in [3.63, 3.8) is 0 Å². The summed E-state index contributed by atoms with van der Waals surface area (Å²) >= 11 is 0. The quantitative estimate of drug-likeness (QED) is 0.817. The molecule has 2 atom stereocenters. The van der Waals surface area contributed by atoms with Crippen LogP contribution in [0.2, 0.25) is 0 Å². The molecule has 1 aliphatic heterocycles. The fourth-order valence-electron chi connectivity index (χ4n) is 2.51. The molecule has 1 aromatic carbocycles. The van der Waals surface area contributed by atoms with E-state index >= 15 is 0 Å². The van der Waals surface area contributed by atoms with Crippen molar-refractivity contribution in [2.24, 2.45) is 5.73 Å². The highest BCUT2D eigenvalue weighted by Gasteiger charge is 2.20. The summed E-state index contributed by atoms with van der Waals surface area (Å²) < 4.78 is 5.66. The molecule has 2 unspecified atom stereocenters. The maximum absolute atomic E-state index is 12.0. The molecule has 0 bridgehead atoms. The van der Waals surface area contributed by atoms with Gasteiger partial charge in [0.1, 0.15) is 0 Å². The van der Waals surface area contributed by atoms with Crippen LogP contribution in [0.1, 0.15) is 24.9 Å². The Hall–Kier alpha value is -1.43. The lowest BCUT2D eigenvalue weighted by molar-refractivity contribution is -0.122. The highest BCUT2D eigenvalue weighted by atomic mass is 16.5. The fraction of sp³-hybridized carbons (Fsp3) is 0.562. The number of nitrogens with two attached hydrogens (primary N) is 1. The van der Waals surface area contributed by atoms with E-state index in [1.165, 1.54) is 0 Å². The van der Waals surface area contributed by atoms with Crippen LogP contribution in [0.15, 0.2) is 30.3 Å². The highest BCUT2D eigenvalue weighted by Crippen LogP contribution is 2.13. The van der Waals surface area contributed by atoms with Crippen molar-refractivity contribution in [2.45, 2.75) is 25.5 Å². The van der Waals surface area contributed by atoms with Crippen molar-refractivity contribution < 1.29 is 9.53 Å². The van der Waals surface area contributed by atoms with Gasteiger partial charge in [-0.25, -0.2) is 0 Å². The number of likely N-dealkylation sites (N-methyl/N-ethyl adjacent to an activating group) is 1. The minimum Gasteiger partial charge on any atom is -0.374 e. The predicted octanol–water partition coefficient (Wildman–Crippen LogP) is 0.913. The zero-order valence-corrected chi connectivity index (χ0v) is 12.6. The monoisotopic (exact) mass is 291 g/mol. The summed E-state index contributed by atoms with van der Waals surface area (Å²) in [7, 11) is 0. The number of carbonyl (C=O) groups is 1. The standard InChI is InChI=1S/C16H25N3O2/c1-2-19-8-9-21-14(12-19)11-18-16(20)10-15(17)13-6-4-3-5-7-13/h3-7,14-15H,2,8-12,17H2,1H3,(H,18,20). The summed E-state index contributed by atoms with van der Waals surface area (Å²) in [6.07, 6.45) is 0.379. The molecule has 5 nitrogen and oxygen atoms in total. The number of benzene rings is 1. The maximum Gasteiger partial charge on any atom is 0.221 e. The SMILES string of the molecule is CCN1CCOC(CNC(=O)CC(N)c2ccccc2)C1. The van der Waals surface area contributed by atoms with Gasteiger partial charge in [0.15, 0.2) is 0 Å².